The van der Waals surface area contributed by atoms with E-state index in [1.165, 1.54) is 11.1 Å². The molecule has 0 amide bonds. The van der Waals surface area contributed by atoms with Gasteiger partial charge in [0.25, 0.3) is 6.33 Å². The summed E-state index contributed by atoms with van der Waals surface area (Å²) in [6, 6.07) is 44.7. The molecule has 6 heteroatoms. The molecule has 1 aliphatic heterocycles. The van der Waals surface area contributed by atoms with Gasteiger partial charge in [0.15, 0.2) is 0 Å². The Morgan fingerprint density at radius 2 is 1.24 bits per heavy atom. The molecule has 11 aromatic rings. The monoisotopic (exact) mass is 995 g/mol. The van der Waals surface area contributed by atoms with Crippen LogP contribution < -0.4 is 9.30 Å². The first kappa shape index (κ1) is 29.8. The summed E-state index contributed by atoms with van der Waals surface area (Å²) in [6.45, 7) is 4.51. The number of hydrogen-bond acceptors (Lipinski definition) is 2. The molecule has 302 valence electrons. The Bertz CT molecular complexity index is 4140. The number of imidazole rings is 1. The molecule has 0 fully saturated rings. The van der Waals surface area contributed by atoms with E-state index in [9.17, 15) is 5.48 Å². The van der Waals surface area contributed by atoms with E-state index in [4.69, 9.17) is 15.2 Å². The van der Waals surface area contributed by atoms with Crippen LogP contribution in [0.4, 0.5) is 0 Å². The third-order valence-electron chi connectivity index (χ3n) is 12.4. The van der Waals surface area contributed by atoms with Gasteiger partial charge in [0.1, 0.15) is 5.82 Å². The summed E-state index contributed by atoms with van der Waals surface area (Å²) in [6.07, 6.45) is 5.40. The number of fused-ring (bicyclic) bond motifs is 13. The van der Waals surface area contributed by atoms with Crippen LogP contribution in [0.3, 0.4) is 0 Å². The first-order valence-corrected chi connectivity index (χ1v) is 20.4. The summed E-state index contributed by atoms with van der Waals surface area (Å²) in [5, 5.41) is 2.06. The van der Waals surface area contributed by atoms with Crippen LogP contribution in [-0.2, 0) is 26.5 Å². The first-order chi connectivity index (χ1) is 33.8. The van der Waals surface area contributed by atoms with Crippen LogP contribution >= 0.6 is 0 Å². The summed E-state index contributed by atoms with van der Waals surface area (Å²) in [4.78, 5) is 5.06. The van der Waals surface area contributed by atoms with Crippen molar-refractivity contribution in [1.82, 2.24) is 14.1 Å². The zero-order valence-electron chi connectivity index (χ0n) is 41.7. The maximum absolute atomic E-state index is 9.37. The number of para-hydroxylation sites is 3. The van der Waals surface area contributed by atoms with Gasteiger partial charge in [-0.25, -0.2) is 4.98 Å². The molecule has 0 bridgehead atoms. The Balaban J connectivity index is 0.00000517. The second-order valence-corrected chi connectivity index (χ2v) is 16.1. The predicted molar refractivity (Wildman–Crippen MR) is 247 cm³/mol. The summed E-state index contributed by atoms with van der Waals surface area (Å²) >= 11 is 0. The molecule has 1 aliphatic carbocycles. The van der Waals surface area contributed by atoms with E-state index in [1.54, 1.807) is 28.8 Å². The standard InChI is InChI=1S/C57H36N4O.Pt/c1-57(2)48-25-10-7-23-47(48)54-49(57)31-32-58-56(54)61-51-27-12-9-22-44(51)45-30-29-38(34-53(45)61)62-37-16-13-15-36(33-37)59-35-60-50-26-11-8-21-43(50)41-19-5-3-17-39(41)40-18-4-6-20-42(40)46-24-14-28-52(59)55(46)60;/h3-32H,1-2H3;/q-2;/i3D,4D,5D,6D,17D,18D,19D,20D;. The van der Waals surface area contributed by atoms with E-state index in [2.05, 4.69) is 85.4 Å². The largest absolute Gasteiger partial charge is 0.510 e. The Hall–Kier alpha value is -7.33. The molecule has 0 N–H and O–H groups in total. The van der Waals surface area contributed by atoms with Crippen LogP contribution in [0.1, 0.15) is 35.9 Å². The average Bonchev–Trinajstić information content (AvgIpc) is 4.01. The van der Waals surface area contributed by atoms with Gasteiger partial charge in [-0.1, -0.05) is 147 Å². The smallest absolute Gasteiger partial charge is 0.268 e. The molecule has 63 heavy (non-hydrogen) atoms. The van der Waals surface area contributed by atoms with E-state index < -0.39 is 36.3 Å². The van der Waals surface area contributed by atoms with Crippen LogP contribution in [0.2, 0.25) is 0 Å². The van der Waals surface area contributed by atoms with Crippen LogP contribution in [0.15, 0.2) is 182 Å². The minimum Gasteiger partial charge on any atom is -0.510 e. The second kappa shape index (κ2) is 14.1. The number of benzene rings is 8. The fourth-order valence-electron chi connectivity index (χ4n) is 9.69. The predicted octanol–water partition coefficient (Wildman–Crippen LogP) is 13.2. The number of aromatic nitrogens is 4. The Labute approximate surface area is 390 Å². The third-order valence-corrected chi connectivity index (χ3v) is 12.4. The topological polar surface area (TPSA) is 35.9 Å². The molecule has 0 saturated heterocycles. The molecule has 3 aromatic heterocycles. The van der Waals surface area contributed by atoms with Crippen molar-refractivity contribution in [3.8, 4) is 73.2 Å². The molecule has 4 heterocycles. The quantitative estimate of drug-likeness (QED) is 0.130. The molecule has 0 unspecified atom stereocenters. The maximum atomic E-state index is 9.37. The summed E-state index contributed by atoms with van der Waals surface area (Å²) in [7, 11) is 0. The number of pyridine rings is 1. The van der Waals surface area contributed by atoms with Gasteiger partial charge in [-0.05, 0) is 79.3 Å². The van der Waals surface area contributed by atoms with Crippen molar-refractivity contribution in [2.75, 3.05) is 0 Å². The van der Waals surface area contributed by atoms with Gasteiger partial charge in [-0.3, -0.25) is 4.57 Å². The Kier molecular flexibility index (Phi) is 6.68. The fourth-order valence-corrected chi connectivity index (χ4v) is 9.69. The Morgan fingerprint density at radius 1 is 0.587 bits per heavy atom. The van der Waals surface area contributed by atoms with Gasteiger partial charge in [0.2, 0.25) is 0 Å². The molecule has 8 aromatic carbocycles. The minimum atomic E-state index is -0.516. The van der Waals surface area contributed by atoms with Crippen molar-refractivity contribution in [3.63, 3.8) is 0 Å². The van der Waals surface area contributed by atoms with E-state index in [0.29, 0.717) is 45.0 Å². The van der Waals surface area contributed by atoms with Crippen molar-refractivity contribution in [1.29, 1.82) is 0 Å². The van der Waals surface area contributed by atoms with E-state index >= 15 is 0 Å². The minimum absolute atomic E-state index is 0. The number of nitrogens with zero attached hydrogens (tertiary/aromatic N) is 4. The van der Waals surface area contributed by atoms with Gasteiger partial charge in [0.05, 0.1) is 27.7 Å². The maximum Gasteiger partial charge on any atom is 0.268 e. The zero-order valence-corrected chi connectivity index (χ0v) is 36.0. The van der Waals surface area contributed by atoms with E-state index in [-0.39, 0.29) is 60.8 Å². The van der Waals surface area contributed by atoms with Crippen molar-refractivity contribution in [3.05, 3.63) is 212 Å². The third kappa shape index (κ3) is 5.46. The molecule has 2 aliphatic rings. The second-order valence-electron chi connectivity index (χ2n) is 16.1. The molecular weight excluding hydrogens is 952 g/mol. The van der Waals surface area contributed by atoms with E-state index in [0.717, 1.165) is 38.8 Å². The van der Waals surface area contributed by atoms with Crippen molar-refractivity contribution in [2.45, 2.75) is 19.3 Å². The van der Waals surface area contributed by atoms with E-state index in [1.807, 2.05) is 65.4 Å². The van der Waals surface area contributed by atoms with Crippen LogP contribution in [-0.4, -0.2) is 14.1 Å². The van der Waals surface area contributed by atoms with Gasteiger partial charge in [-0.2, -0.15) is 18.2 Å². The fraction of sp³-hybridized carbons (Fsp3) is 0.0526. The normalized spacial score (nSPS) is 14.7. The summed E-state index contributed by atoms with van der Waals surface area (Å²) in [5.74, 6) is 1.67. The molecule has 0 atom stereocenters. The molecule has 0 radical (unpaired) electrons. The van der Waals surface area contributed by atoms with Crippen LogP contribution in [0.25, 0.3) is 94.5 Å². The van der Waals surface area contributed by atoms with Crippen molar-refractivity contribution >= 4 is 32.8 Å². The number of ether oxygens (including phenoxy) is 1. The molecular formula is C57H36N4OPt-2. The zero-order chi connectivity index (χ0) is 48.1. The van der Waals surface area contributed by atoms with Crippen LogP contribution in [0, 0.1) is 18.5 Å². The molecule has 5 nitrogen and oxygen atoms in total. The summed E-state index contributed by atoms with van der Waals surface area (Å²) in [5.41, 5.74) is 9.51. The molecule has 0 spiro atoms. The number of rotatable bonds is 4. The molecule has 13 rings (SSSR count). The van der Waals surface area contributed by atoms with Crippen molar-refractivity contribution < 1.29 is 41.3 Å². The van der Waals surface area contributed by atoms with Gasteiger partial charge < -0.3 is 13.9 Å². The van der Waals surface area contributed by atoms with Crippen molar-refractivity contribution in [2.24, 2.45) is 0 Å². The van der Waals surface area contributed by atoms with Gasteiger partial charge in [-0.15, -0.1) is 29.7 Å². The SMILES string of the molecule is [2H]c1c([2H])c([2H])c2c(c1[2H])-c1ccccc1-[n+]1[c-]n(-c3[c-]c(Oc4[c-]c5c(cc4)c4ccccc4n5-c4nccc5c4-c4ccccc4C5(C)C)ccc3)c3cccc(c31)-c1c([2H])c([2H])c([2H])c([2H])c1-2.[Pt]. The first-order valence-electron chi connectivity index (χ1n) is 24.4. The van der Waals surface area contributed by atoms with Crippen LogP contribution in [0.5, 0.6) is 11.5 Å². The summed E-state index contributed by atoms with van der Waals surface area (Å²) < 4.78 is 84.7. The van der Waals surface area contributed by atoms with Gasteiger partial charge >= 0.3 is 0 Å². The molecule has 0 saturated carbocycles. The Morgan fingerprint density at radius 3 is 2.06 bits per heavy atom. The average molecular weight is 996 g/mol. The number of hydrogen-bond donors (Lipinski definition) is 0. The van der Waals surface area contributed by atoms with Gasteiger partial charge in [0, 0.05) is 55.3 Å².